The van der Waals surface area contributed by atoms with Gasteiger partial charge in [-0.15, -0.1) is 0 Å². The lowest BCUT2D eigenvalue weighted by atomic mass is 10.0. The molecule has 194 valence electrons. The van der Waals surface area contributed by atoms with Crippen LogP contribution in [0, 0.1) is 10.1 Å². The average Bonchev–Trinajstić information content (AvgIpc) is 2.87. The number of amides is 3. The Labute approximate surface area is 208 Å². The van der Waals surface area contributed by atoms with Crippen molar-refractivity contribution >= 4 is 29.1 Å². The molecule has 2 aromatic carbocycles. The normalized spacial score (nSPS) is 11.4. The van der Waals surface area contributed by atoms with Gasteiger partial charge < -0.3 is 31.2 Å². The Bertz CT molecular complexity index is 986. The van der Waals surface area contributed by atoms with E-state index in [1.165, 1.54) is 24.3 Å². The summed E-state index contributed by atoms with van der Waals surface area (Å²) in [7, 11) is 0. The molecule has 3 amide bonds. The summed E-state index contributed by atoms with van der Waals surface area (Å²) in [6.07, 6.45) is 0.0140. The van der Waals surface area contributed by atoms with Gasteiger partial charge in [-0.3, -0.25) is 24.5 Å². The van der Waals surface area contributed by atoms with Crippen LogP contribution in [0.3, 0.4) is 0 Å². The Morgan fingerprint density at radius 3 is 2.25 bits per heavy atom. The topological polar surface area (TPSA) is 175 Å². The Hall–Kier alpha value is -3.87. The number of anilines is 1. The molecule has 0 aliphatic rings. The lowest BCUT2D eigenvalue weighted by Gasteiger charge is -2.19. The van der Waals surface area contributed by atoms with Gasteiger partial charge in [0.15, 0.2) is 0 Å². The van der Waals surface area contributed by atoms with Crippen molar-refractivity contribution in [3.05, 3.63) is 70.3 Å². The maximum Gasteiger partial charge on any atom is 0.269 e. The van der Waals surface area contributed by atoms with Crippen LogP contribution in [0.5, 0.6) is 0 Å². The second kappa shape index (κ2) is 15.9. The molecule has 0 radical (unpaired) electrons. The maximum atomic E-state index is 12.9. The molecule has 12 heteroatoms. The van der Waals surface area contributed by atoms with Crippen molar-refractivity contribution in [1.82, 2.24) is 10.6 Å². The van der Waals surface area contributed by atoms with E-state index in [1.807, 2.05) is 30.3 Å². The summed E-state index contributed by atoms with van der Waals surface area (Å²) in [5, 5.41) is 18.7. The third-order valence-corrected chi connectivity index (χ3v) is 4.86. The molecule has 36 heavy (non-hydrogen) atoms. The largest absolute Gasteiger partial charge is 0.378 e. The molecule has 12 nitrogen and oxygen atoms in total. The molecule has 2 rings (SSSR count). The van der Waals surface area contributed by atoms with Gasteiger partial charge in [0, 0.05) is 43.6 Å². The Morgan fingerprint density at radius 2 is 1.58 bits per heavy atom. The fourth-order valence-corrected chi connectivity index (χ4v) is 3.04. The number of non-ortho nitro benzene ring substituents is 1. The number of ether oxygens (including phenoxy) is 2. The SMILES string of the molecule is NCCOCCOCNC(=O)CCC(=O)N[C@@H](Cc1ccccc1)C(=O)Nc1ccc([N+](=O)[O-])cc1. The molecule has 1 atom stereocenters. The van der Waals surface area contributed by atoms with Crippen molar-refractivity contribution in [2.45, 2.75) is 25.3 Å². The van der Waals surface area contributed by atoms with Crippen LogP contribution in [0.2, 0.25) is 0 Å². The standard InChI is InChI=1S/C24H31N5O7/c25-12-13-35-14-15-36-17-26-22(30)10-11-23(31)28-21(16-18-4-2-1-3-5-18)24(32)27-19-6-8-20(9-7-19)29(33)34/h1-9,21H,10-17,25H2,(H,26,30)(H,27,32)(H,28,31)/t21-/m0/s1. The highest BCUT2D eigenvalue weighted by atomic mass is 16.6. The van der Waals surface area contributed by atoms with E-state index in [0.29, 0.717) is 32.1 Å². The van der Waals surface area contributed by atoms with Gasteiger partial charge in [-0.25, -0.2) is 0 Å². The van der Waals surface area contributed by atoms with E-state index in [1.54, 1.807) is 0 Å². The van der Waals surface area contributed by atoms with Crippen LogP contribution >= 0.6 is 0 Å². The van der Waals surface area contributed by atoms with Crippen LogP contribution in [-0.2, 0) is 30.3 Å². The first-order valence-corrected chi connectivity index (χ1v) is 11.4. The highest BCUT2D eigenvalue weighted by Crippen LogP contribution is 2.16. The predicted molar refractivity (Wildman–Crippen MR) is 132 cm³/mol. The minimum atomic E-state index is -0.921. The number of hydrogen-bond donors (Lipinski definition) is 4. The van der Waals surface area contributed by atoms with E-state index in [-0.39, 0.29) is 37.6 Å². The van der Waals surface area contributed by atoms with Crippen molar-refractivity contribution in [2.75, 3.05) is 38.4 Å². The van der Waals surface area contributed by atoms with Crippen LogP contribution in [0.15, 0.2) is 54.6 Å². The minimum absolute atomic E-state index is 0.0132. The number of rotatable bonds is 16. The summed E-state index contributed by atoms with van der Waals surface area (Å²) < 4.78 is 10.4. The number of nitrogens with zero attached hydrogens (tertiary/aromatic N) is 1. The van der Waals surface area contributed by atoms with Crippen molar-refractivity contribution in [2.24, 2.45) is 5.73 Å². The van der Waals surface area contributed by atoms with Crippen molar-refractivity contribution < 1.29 is 28.8 Å². The number of carbonyl (C=O) groups is 3. The Balaban J connectivity index is 1.86. The molecule has 0 aliphatic carbocycles. The zero-order valence-corrected chi connectivity index (χ0v) is 19.8. The zero-order valence-electron chi connectivity index (χ0n) is 19.8. The highest BCUT2D eigenvalue weighted by molar-refractivity contribution is 5.97. The fourth-order valence-electron chi connectivity index (χ4n) is 3.04. The summed E-state index contributed by atoms with van der Waals surface area (Å²) in [6, 6.07) is 13.6. The van der Waals surface area contributed by atoms with Gasteiger partial charge in [0.1, 0.15) is 12.8 Å². The van der Waals surface area contributed by atoms with Gasteiger partial charge in [0.05, 0.1) is 24.7 Å². The smallest absolute Gasteiger partial charge is 0.269 e. The van der Waals surface area contributed by atoms with Gasteiger partial charge in [-0.05, 0) is 17.7 Å². The van der Waals surface area contributed by atoms with E-state index < -0.39 is 22.8 Å². The minimum Gasteiger partial charge on any atom is -0.378 e. The summed E-state index contributed by atoms with van der Waals surface area (Å²) in [5.41, 5.74) is 6.38. The number of carbonyl (C=O) groups excluding carboxylic acids is 3. The maximum absolute atomic E-state index is 12.9. The van der Waals surface area contributed by atoms with Gasteiger partial charge in [-0.1, -0.05) is 30.3 Å². The van der Waals surface area contributed by atoms with Crippen molar-refractivity contribution in [1.29, 1.82) is 0 Å². The highest BCUT2D eigenvalue weighted by Gasteiger charge is 2.22. The van der Waals surface area contributed by atoms with Crippen molar-refractivity contribution in [3.63, 3.8) is 0 Å². The van der Waals surface area contributed by atoms with E-state index in [4.69, 9.17) is 15.2 Å². The first-order chi connectivity index (χ1) is 17.4. The zero-order chi connectivity index (χ0) is 26.2. The quantitative estimate of drug-likeness (QED) is 0.114. The lowest BCUT2D eigenvalue weighted by Crippen LogP contribution is -2.45. The molecule has 5 N–H and O–H groups in total. The van der Waals surface area contributed by atoms with E-state index >= 15 is 0 Å². The molecule has 0 bridgehead atoms. The predicted octanol–water partition coefficient (Wildman–Crippen LogP) is 1.11. The van der Waals surface area contributed by atoms with Crippen LogP contribution in [0.1, 0.15) is 18.4 Å². The number of nitro benzene ring substituents is 1. The second-order valence-electron chi connectivity index (χ2n) is 7.66. The molecule has 0 saturated heterocycles. The molecule has 0 aliphatic heterocycles. The van der Waals surface area contributed by atoms with Crippen LogP contribution in [0.25, 0.3) is 0 Å². The number of nitrogens with two attached hydrogens (primary N) is 1. The van der Waals surface area contributed by atoms with Crippen LogP contribution < -0.4 is 21.7 Å². The molecule has 0 unspecified atom stereocenters. The van der Waals surface area contributed by atoms with Crippen molar-refractivity contribution in [3.8, 4) is 0 Å². The number of nitrogens with one attached hydrogen (secondary N) is 3. The first kappa shape index (κ1) is 28.4. The Morgan fingerprint density at radius 1 is 0.917 bits per heavy atom. The van der Waals surface area contributed by atoms with Crippen LogP contribution in [0.4, 0.5) is 11.4 Å². The first-order valence-electron chi connectivity index (χ1n) is 11.4. The number of hydrogen-bond acceptors (Lipinski definition) is 8. The van der Waals surface area contributed by atoms with Gasteiger partial charge in [0.25, 0.3) is 5.69 Å². The van der Waals surface area contributed by atoms with E-state index in [0.717, 1.165) is 5.56 Å². The molecule has 0 aromatic heterocycles. The molecule has 0 heterocycles. The molecular weight excluding hydrogens is 470 g/mol. The van der Waals surface area contributed by atoms with Crippen LogP contribution in [-0.4, -0.2) is 61.8 Å². The third kappa shape index (κ3) is 11.0. The van der Waals surface area contributed by atoms with Gasteiger partial charge in [-0.2, -0.15) is 0 Å². The molecular formula is C24H31N5O7. The third-order valence-electron chi connectivity index (χ3n) is 4.86. The summed E-state index contributed by atoms with van der Waals surface area (Å²) in [6.45, 7) is 1.50. The average molecular weight is 502 g/mol. The number of nitro groups is 1. The van der Waals surface area contributed by atoms with E-state index in [9.17, 15) is 24.5 Å². The molecule has 0 spiro atoms. The molecule has 2 aromatic rings. The number of benzene rings is 2. The summed E-state index contributed by atoms with van der Waals surface area (Å²) >= 11 is 0. The van der Waals surface area contributed by atoms with Gasteiger partial charge >= 0.3 is 0 Å². The molecule has 0 saturated carbocycles. The monoisotopic (exact) mass is 501 g/mol. The summed E-state index contributed by atoms with van der Waals surface area (Å²) in [5.74, 6) is -1.33. The lowest BCUT2D eigenvalue weighted by molar-refractivity contribution is -0.384. The second-order valence-corrected chi connectivity index (χ2v) is 7.66. The Kier molecular flexibility index (Phi) is 12.5. The van der Waals surface area contributed by atoms with E-state index in [2.05, 4.69) is 16.0 Å². The fraction of sp³-hybridized carbons (Fsp3) is 0.375. The summed E-state index contributed by atoms with van der Waals surface area (Å²) in [4.78, 5) is 47.7. The molecule has 0 fully saturated rings. The van der Waals surface area contributed by atoms with Gasteiger partial charge in [0.2, 0.25) is 17.7 Å².